The number of hydrogen-bond donors (Lipinski definition) is 1. The van der Waals surface area contributed by atoms with Gasteiger partial charge in [0.1, 0.15) is 0 Å². The molecule has 1 atom stereocenters. The number of nitrogens with two attached hydrogens (primary N) is 1. The Morgan fingerprint density at radius 3 is 2.95 bits per heavy atom. The summed E-state index contributed by atoms with van der Waals surface area (Å²) in [6, 6.07) is 7.88. The Labute approximate surface area is 130 Å². The summed E-state index contributed by atoms with van der Waals surface area (Å²) in [4.78, 5) is 18.7. The van der Waals surface area contributed by atoms with E-state index in [2.05, 4.69) is 9.88 Å². The van der Waals surface area contributed by atoms with Crippen molar-refractivity contribution in [2.45, 2.75) is 26.4 Å². The molecule has 0 unspecified atom stereocenters. The lowest BCUT2D eigenvalue weighted by Crippen LogP contribution is -2.27. The molecule has 0 aliphatic carbocycles. The van der Waals surface area contributed by atoms with Crippen molar-refractivity contribution in [3.63, 3.8) is 0 Å². The quantitative estimate of drug-likeness (QED) is 0.940. The Morgan fingerprint density at radius 1 is 1.45 bits per heavy atom. The number of fused-ring (bicyclic) bond motifs is 1. The van der Waals surface area contributed by atoms with Gasteiger partial charge in [-0.2, -0.15) is 0 Å². The number of para-hydroxylation sites is 1. The van der Waals surface area contributed by atoms with Crippen molar-refractivity contribution in [1.82, 2.24) is 4.98 Å². The number of primary amides is 1. The van der Waals surface area contributed by atoms with Gasteiger partial charge >= 0.3 is 0 Å². The highest BCUT2D eigenvalue weighted by molar-refractivity contribution is 6.08. The first-order chi connectivity index (χ1) is 10.6. The van der Waals surface area contributed by atoms with E-state index in [-0.39, 0.29) is 6.10 Å². The zero-order chi connectivity index (χ0) is 15.7. The molecule has 1 aromatic heterocycles. The molecule has 3 rings (SSSR count). The average Bonchev–Trinajstić information content (AvgIpc) is 2.94. The van der Waals surface area contributed by atoms with Crippen molar-refractivity contribution in [2.24, 2.45) is 5.73 Å². The number of amides is 1. The molecule has 2 heterocycles. The highest BCUT2D eigenvalue weighted by Crippen LogP contribution is 2.34. The maximum atomic E-state index is 12.0. The molecule has 1 aliphatic heterocycles. The highest BCUT2D eigenvalue weighted by atomic mass is 16.5. The first-order valence-electron chi connectivity index (χ1n) is 7.67. The fraction of sp³-hybridized carbons (Fsp3) is 0.412. The van der Waals surface area contributed by atoms with Crippen LogP contribution in [0.3, 0.4) is 0 Å². The number of anilines is 1. The molecule has 0 saturated carbocycles. The number of carbonyl (C=O) groups excluding carboxylic acids is 1. The molecule has 1 saturated heterocycles. The van der Waals surface area contributed by atoms with Crippen molar-refractivity contribution in [3.8, 4) is 0 Å². The minimum Gasteiger partial charge on any atom is -0.377 e. The number of nitrogens with zero attached hydrogens (tertiary/aromatic N) is 2. The van der Waals surface area contributed by atoms with Gasteiger partial charge in [0.25, 0.3) is 5.91 Å². The Hall–Kier alpha value is -2.14. The van der Waals surface area contributed by atoms with Crippen LogP contribution in [0.5, 0.6) is 0 Å². The van der Waals surface area contributed by atoms with Gasteiger partial charge in [-0.3, -0.25) is 9.78 Å². The number of rotatable bonds is 4. The van der Waals surface area contributed by atoms with Crippen LogP contribution in [0.15, 0.2) is 24.3 Å². The van der Waals surface area contributed by atoms with Gasteiger partial charge in [0.2, 0.25) is 0 Å². The number of aryl methyl sites for hydroxylation is 1. The maximum Gasteiger partial charge on any atom is 0.252 e. The van der Waals surface area contributed by atoms with E-state index in [1.165, 1.54) is 0 Å². The third-order valence-electron chi connectivity index (χ3n) is 4.16. The van der Waals surface area contributed by atoms with Crippen LogP contribution in [-0.4, -0.2) is 36.7 Å². The summed E-state index contributed by atoms with van der Waals surface area (Å²) in [7, 11) is 0. The fourth-order valence-corrected chi connectivity index (χ4v) is 3.24. The summed E-state index contributed by atoms with van der Waals surface area (Å²) in [5.74, 6) is -0.425. The summed E-state index contributed by atoms with van der Waals surface area (Å²) < 4.78 is 5.72. The van der Waals surface area contributed by atoms with E-state index in [1.807, 2.05) is 38.1 Å². The predicted octanol–water partition coefficient (Wildman–Crippen LogP) is 2.26. The van der Waals surface area contributed by atoms with E-state index < -0.39 is 5.91 Å². The van der Waals surface area contributed by atoms with E-state index in [4.69, 9.17) is 10.5 Å². The summed E-state index contributed by atoms with van der Waals surface area (Å²) in [6.07, 6.45) is 1.17. The average molecular weight is 299 g/mol. The molecule has 1 aromatic carbocycles. The summed E-state index contributed by atoms with van der Waals surface area (Å²) in [6.45, 7) is 6.19. The second-order valence-corrected chi connectivity index (χ2v) is 5.61. The molecule has 2 aromatic rings. The summed E-state index contributed by atoms with van der Waals surface area (Å²) in [5.41, 5.74) is 8.63. The molecule has 22 heavy (non-hydrogen) atoms. The zero-order valence-corrected chi connectivity index (χ0v) is 13.0. The minimum absolute atomic E-state index is 0.206. The van der Waals surface area contributed by atoms with Gasteiger partial charge in [-0.1, -0.05) is 18.2 Å². The van der Waals surface area contributed by atoms with Crippen LogP contribution < -0.4 is 10.6 Å². The van der Waals surface area contributed by atoms with Gasteiger partial charge in [-0.15, -0.1) is 0 Å². The number of aromatic nitrogens is 1. The molecule has 116 valence electrons. The second-order valence-electron chi connectivity index (χ2n) is 5.61. The van der Waals surface area contributed by atoms with Gasteiger partial charge in [-0.25, -0.2) is 0 Å². The van der Waals surface area contributed by atoms with E-state index in [0.29, 0.717) is 17.9 Å². The molecule has 0 bridgehead atoms. The first kappa shape index (κ1) is 14.8. The lowest BCUT2D eigenvalue weighted by molar-refractivity contribution is 0.0787. The predicted molar refractivity (Wildman–Crippen MR) is 87.2 cm³/mol. The normalized spacial score (nSPS) is 18.1. The van der Waals surface area contributed by atoms with Crippen molar-refractivity contribution in [2.75, 3.05) is 24.6 Å². The largest absolute Gasteiger partial charge is 0.377 e. The standard InChI is InChI=1S/C17H21N3O2/c1-3-22-12-8-9-20(10-12)16-13-6-4-5-7-14(13)19-11(2)15(16)17(18)21/h4-7,12H,3,8-10H2,1-2H3,(H2,18,21)/t12-/m0/s1. The molecule has 0 spiro atoms. The molecule has 1 fully saturated rings. The number of ether oxygens (including phenoxy) is 1. The van der Waals surface area contributed by atoms with Crippen molar-refractivity contribution >= 4 is 22.5 Å². The fourth-order valence-electron chi connectivity index (χ4n) is 3.24. The zero-order valence-electron chi connectivity index (χ0n) is 13.0. The monoisotopic (exact) mass is 299 g/mol. The number of hydrogen-bond acceptors (Lipinski definition) is 4. The molecule has 5 heteroatoms. The number of carbonyl (C=O) groups is 1. The van der Waals surface area contributed by atoms with Crippen LogP contribution in [0.2, 0.25) is 0 Å². The molecule has 1 aliphatic rings. The molecule has 5 nitrogen and oxygen atoms in total. The van der Waals surface area contributed by atoms with Crippen molar-refractivity contribution in [1.29, 1.82) is 0 Å². The van der Waals surface area contributed by atoms with E-state index in [9.17, 15) is 4.79 Å². The van der Waals surface area contributed by atoms with Gasteiger partial charge < -0.3 is 15.4 Å². The van der Waals surface area contributed by atoms with E-state index in [1.54, 1.807) is 0 Å². The maximum absolute atomic E-state index is 12.0. The van der Waals surface area contributed by atoms with Crippen LogP contribution >= 0.6 is 0 Å². The Balaban J connectivity index is 2.14. The minimum atomic E-state index is -0.425. The van der Waals surface area contributed by atoms with Crippen LogP contribution in [0.4, 0.5) is 5.69 Å². The summed E-state index contributed by atoms with van der Waals surface area (Å²) >= 11 is 0. The molecule has 1 amide bonds. The SMILES string of the molecule is CCO[C@H]1CCN(c2c(C(N)=O)c(C)nc3ccccc23)C1. The summed E-state index contributed by atoms with van der Waals surface area (Å²) in [5, 5.41) is 0.971. The highest BCUT2D eigenvalue weighted by Gasteiger charge is 2.28. The van der Waals surface area contributed by atoms with Crippen LogP contribution in [-0.2, 0) is 4.74 Å². The van der Waals surface area contributed by atoms with Crippen molar-refractivity contribution < 1.29 is 9.53 Å². The van der Waals surface area contributed by atoms with Gasteiger partial charge in [0.05, 0.1) is 28.6 Å². The third-order valence-corrected chi connectivity index (χ3v) is 4.16. The van der Waals surface area contributed by atoms with Crippen LogP contribution in [0, 0.1) is 6.92 Å². The topological polar surface area (TPSA) is 68.5 Å². The molecular weight excluding hydrogens is 278 g/mol. The Kier molecular flexibility index (Phi) is 3.98. The van der Waals surface area contributed by atoms with E-state index >= 15 is 0 Å². The van der Waals surface area contributed by atoms with Crippen molar-refractivity contribution in [3.05, 3.63) is 35.5 Å². The lowest BCUT2D eigenvalue weighted by Gasteiger charge is -2.24. The molecule has 0 radical (unpaired) electrons. The number of benzene rings is 1. The van der Waals surface area contributed by atoms with Crippen LogP contribution in [0.25, 0.3) is 10.9 Å². The van der Waals surface area contributed by atoms with Gasteiger partial charge in [0.15, 0.2) is 0 Å². The van der Waals surface area contributed by atoms with Gasteiger partial charge in [0, 0.05) is 25.1 Å². The van der Waals surface area contributed by atoms with Gasteiger partial charge in [-0.05, 0) is 26.3 Å². The Morgan fingerprint density at radius 2 is 2.23 bits per heavy atom. The number of pyridine rings is 1. The van der Waals surface area contributed by atoms with E-state index in [0.717, 1.165) is 36.1 Å². The second kappa shape index (κ2) is 5.93. The first-order valence-corrected chi connectivity index (χ1v) is 7.67. The smallest absolute Gasteiger partial charge is 0.252 e. The molecule has 2 N–H and O–H groups in total. The van der Waals surface area contributed by atoms with Crippen LogP contribution in [0.1, 0.15) is 29.4 Å². The third kappa shape index (κ3) is 2.52. The lowest BCUT2D eigenvalue weighted by atomic mass is 10.0. The Bertz CT molecular complexity index is 714. The molecular formula is C17H21N3O2.